The summed E-state index contributed by atoms with van der Waals surface area (Å²) in [5.41, 5.74) is -0.400. The van der Waals surface area contributed by atoms with Crippen molar-refractivity contribution in [1.82, 2.24) is 10.0 Å². The van der Waals surface area contributed by atoms with E-state index in [1.165, 1.54) is 0 Å². The predicted molar refractivity (Wildman–Crippen MR) is 98.5 cm³/mol. The van der Waals surface area contributed by atoms with E-state index in [9.17, 15) is 4.79 Å². The highest BCUT2D eigenvalue weighted by Crippen LogP contribution is 2.42. The summed E-state index contributed by atoms with van der Waals surface area (Å²) in [6, 6.07) is 0.304. The molecule has 0 radical (unpaired) electrons. The quantitative estimate of drug-likeness (QED) is 0.624. The number of hydrogen-bond donors (Lipinski definition) is 0. The maximum absolute atomic E-state index is 13.4. The van der Waals surface area contributed by atoms with E-state index in [-0.39, 0.29) is 11.0 Å². The zero-order chi connectivity index (χ0) is 17.8. The van der Waals surface area contributed by atoms with E-state index in [4.69, 9.17) is 4.74 Å². The minimum atomic E-state index is -0.249. The molecule has 2 aliphatic rings. The lowest BCUT2D eigenvalue weighted by Crippen LogP contribution is -2.62. The van der Waals surface area contributed by atoms with Crippen LogP contribution in [0.15, 0.2) is 12.7 Å². The number of carbonyl (C=O) groups excluding carboxylic acids is 1. The van der Waals surface area contributed by atoms with Crippen LogP contribution in [0.3, 0.4) is 0 Å². The molecule has 0 aromatic carbocycles. The van der Waals surface area contributed by atoms with Crippen LogP contribution in [0.25, 0.3) is 0 Å². The van der Waals surface area contributed by atoms with E-state index >= 15 is 0 Å². The van der Waals surface area contributed by atoms with Gasteiger partial charge >= 0.3 is 0 Å². The van der Waals surface area contributed by atoms with E-state index < -0.39 is 0 Å². The first-order chi connectivity index (χ1) is 11.5. The van der Waals surface area contributed by atoms with Crippen LogP contribution in [-0.4, -0.2) is 47.8 Å². The van der Waals surface area contributed by atoms with Crippen molar-refractivity contribution in [2.45, 2.75) is 83.8 Å². The molecule has 2 rings (SSSR count). The first-order valence-corrected chi connectivity index (χ1v) is 9.78. The smallest absolute Gasteiger partial charge is 0.243 e. The van der Waals surface area contributed by atoms with Gasteiger partial charge < -0.3 is 4.74 Å². The summed E-state index contributed by atoms with van der Waals surface area (Å²) in [5.74, 6) is 0.306. The minimum absolute atomic E-state index is 0.151. The van der Waals surface area contributed by atoms with Gasteiger partial charge in [0.25, 0.3) is 0 Å². The summed E-state index contributed by atoms with van der Waals surface area (Å²) in [4.78, 5) is 13.4. The second-order valence-corrected chi connectivity index (χ2v) is 7.46. The van der Waals surface area contributed by atoms with E-state index in [2.05, 4.69) is 37.4 Å². The maximum atomic E-state index is 13.4. The molecular weight excluding hydrogens is 300 g/mol. The molecule has 0 aliphatic carbocycles. The van der Waals surface area contributed by atoms with Gasteiger partial charge in [0, 0.05) is 20.2 Å². The molecule has 1 amide bonds. The highest BCUT2D eigenvalue weighted by atomic mass is 16.5. The zero-order valence-electron chi connectivity index (χ0n) is 16.1. The highest BCUT2D eigenvalue weighted by Gasteiger charge is 2.49. The summed E-state index contributed by atoms with van der Waals surface area (Å²) >= 11 is 0. The first-order valence-electron chi connectivity index (χ1n) is 9.78. The van der Waals surface area contributed by atoms with Crippen molar-refractivity contribution in [2.75, 3.05) is 20.2 Å². The SMILES string of the molecule is C=CC[C@@]1(CC)CCCN(N2CCC[C@H]2C(CC)(CC)OC)C1=O. The highest BCUT2D eigenvalue weighted by molar-refractivity contribution is 5.83. The summed E-state index contributed by atoms with van der Waals surface area (Å²) in [7, 11) is 1.83. The monoisotopic (exact) mass is 336 g/mol. The Balaban J connectivity index is 2.28. The van der Waals surface area contributed by atoms with Gasteiger partial charge in [-0.2, -0.15) is 0 Å². The predicted octanol–water partition coefficient (Wildman–Crippen LogP) is 4.17. The lowest BCUT2D eigenvalue weighted by molar-refractivity contribution is -0.183. The fourth-order valence-corrected chi connectivity index (χ4v) is 4.95. The van der Waals surface area contributed by atoms with Gasteiger partial charge in [-0.3, -0.25) is 9.80 Å². The Bertz CT molecular complexity index is 439. The van der Waals surface area contributed by atoms with Crippen LogP contribution in [0.4, 0.5) is 0 Å². The van der Waals surface area contributed by atoms with Crippen LogP contribution in [0.2, 0.25) is 0 Å². The lowest BCUT2D eigenvalue weighted by Gasteiger charge is -2.49. The van der Waals surface area contributed by atoms with E-state index in [1.54, 1.807) is 0 Å². The second kappa shape index (κ2) is 8.01. The Labute approximate surface area is 148 Å². The van der Waals surface area contributed by atoms with Crippen molar-refractivity contribution < 1.29 is 9.53 Å². The van der Waals surface area contributed by atoms with Crippen LogP contribution < -0.4 is 0 Å². The number of ether oxygens (including phenoxy) is 1. The summed E-state index contributed by atoms with van der Waals surface area (Å²) in [5, 5.41) is 4.43. The molecule has 2 saturated heterocycles. The van der Waals surface area contributed by atoms with Gasteiger partial charge in [0.1, 0.15) is 0 Å². The van der Waals surface area contributed by atoms with Crippen LogP contribution in [0.1, 0.15) is 72.1 Å². The normalized spacial score (nSPS) is 29.2. The molecule has 0 bridgehead atoms. The summed E-state index contributed by atoms with van der Waals surface area (Å²) in [6.45, 7) is 12.3. The largest absolute Gasteiger partial charge is 0.377 e. The molecule has 0 N–H and O–H groups in total. The summed E-state index contributed by atoms with van der Waals surface area (Å²) in [6.07, 6.45) is 9.88. The van der Waals surface area contributed by atoms with Gasteiger partial charge in [0.2, 0.25) is 5.91 Å². The zero-order valence-corrected chi connectivity index (χ0v) is 16.1. The van der Waals surface area contributed by atoms with Gasteiger partial charge in [-0.25, -0.2) is 5.01 Å². The molecule has 0 saturated carbocycles. The van der Waals surface area contributed by atoms with Crippen LogP contribution in [0, 0.1) is 5.41 Å². The van der Waals surface area contributed by atoms with Crippen LogP contribution in [0.5, 0.6) is 0 Å². The van der Waals surface area contributed by atoms with Gasteiger partial charge in [-0.15, -0.1) is 6.58 Å². The number of carbonyl (C=O) groups is 1. The first kappa shape index (κ1) is 19.5. The van der Waals surface area contributed by atoms with E-state index in [1.807, 2.05) is 13.2 Å². The molecule has 138 valence electrons. The van der Waals surface area contributed by atoms with Gasteiger partial charge in [0.15, 0.2) is 0 Å². The number of amides is 1. The molecule has 2 aliphatic heterocycles. The number of nitrogens with zero attached hydrogens (tertiary/aromatic N) is 2. The maximum Gasteiger partial charge on any atom is 0.243 e. The molecule has 4 heteroatoms. The van der Waals surface area contributed by atoms with Crippen molar-refractivity contribution in [3.63, 3.8) is 0 Å². The topological polar surface area (TPSA) is 32.8 Å². The van der Waals surface area contributed by atoms with Crippen molar-refractivity contribution in [3.8, 4) is 0 Å². The van der Waals surface area contributed by atoms with Crippen molar-refractivity contribution in [1.29, 1.82) is 0 Å². The van der Waals surface area contributed by atoms with E-state index in [0.717, 1.165) is 64.5 Å². The number of piperidine rings is 1. The minimum Gasteiger partial charge on any atom is -0.377 e. The molecule has 2 fully saturated rings. The third kappa shape index (κ3) is 3.15. The number of hydrazine groups is 1. The summed E-state index contributed by atoms with van der Waals surface area (Å²) < 4.78 is 6.01. The Hall–Kier alpha value is -0.870. The average Bonchev–Trinajstić information content (AvgIpc) is 3.09. The standard InChI is InChI=1S/C20H36N2O2/c1-6-13-19(7-2)14-11-16-22(18(19)23)21-15-10-12-17(21)20(8-3,9-4)24-5/h6,17H,1,7-16H2,2-5H3/t17-,19-/m0/s1. The molecule has 24 heavy (non-hydrogen) atoms. The average molecular weight is 337 g/mol. The Morgan fingerprint density at radius 3 is 2.54 bits per heavy atom. The van der Waals surface area contributed by atoms with Crippen molar-refractivity contribution in [3.05, 3.63) is 12.7 Å². The Kier molecular flexibility index (Phi) is 6.49. The Morgan fingerprint density at radius 1 is 1.29 bits per heavy atom. The number of methoxy groups -OCH3 is 1. The molecule has 0 unspecified atom stereocenters. The third-order valence-corrected chi connectivity index (χ3v) is 6.67. The molecule has 0 aromatic rings. The molecule has 2 atom stereocenters. The fourth-order valence-electron chi connectivity index (χ4n) is 4.95. The number of allylic oxidation sites excluding steroid dienone is 1. The second-order valence-electron chi connectivity index (χ2n) is 7.46. The van der Waals surface area contributed by atoms with Gasteiger partial charge in [-0.05, 0) is 51.4 Å². The van der Waals surface area contributed by atoms with Gasteiger partial charge in [-0.1, -0.05) is 26.8 Å². The van der Waals surface area contributed by atoms with Gasteiger partial charge in [0.05, 0.1) is 17.1 Å². The fraction of sp³-hybridized carbons (Fsp3) is 0.850. The number of rotatable bonds is 8. The molecule has 0 spiro atoms. The Morgan fingerprint density at radius 2 is 2.00 bits per heavy atom. The molecule has 4 nitrogen and oxygen atoms in total. The van der Waals surface area contributed by atoms with Crippen LogP contribution >= 0.6 is 0 Å². The molecular formula is C20H36N2O2. The van der Waals surface area contributed by atoms with Crippen molar-refractivity contribution >= 4 is 5.91 Å². The van der Waals surface area contributed by atoms with E-state index in [0.29, 0.717) is 11.9 Å². The molecule has 0 aromatic heterocycles. The lowest BCUT2D eigenvalue weighted by atomic mass is 9.74. The third-order valence-electron chi connectivity index (χ3n) is 6.67. The van der Waals surface area contributed by atoms with Crippen LogP contribution in [-0.2, 0) is 9.53 Å². The molecule has 2 heterocycles. The van der Waals surface area contributed by atoms with Crippen molar-refractivity contribution in [2.24, 2.45) is 5.41 Å². The number of hydrogen-bond acceptors (Lipinski definition) is 3.